The molecule has 12 nitrogen and oxygen atoms in total. The molecule has 13 heteroatoms. The van der Waals surface area contributed by atoms with Crippen molar-refractivity contribution in [2.24, 2.45) is 5.92 Å². The Morgan fingerprint density at radius 1 is 1.05 bits per heavy atom. The predicted octanol–water partition coefficient (Wildman–Crippen LogP) is 4.70. The molecule has 3 heterocycles. The zero-order valence-electron chi connectivity index (χ0n) is 33.2. The Labute approximate surface area is 330 Å². The number of nitrogens with zero attached hydrogens (tertiary/aromatic N) is 2. The highest BCUT2D eigenvalue weighted by Gasteiger charge is 2.66. The number of carbonyl (C=O) groups is 4. The van der Waals surface area contributed by atoms with Crippen molar-refractivity contribution in [3.63, 3.8) is 0 Å². The lowest BCUT2D eigenvalue weighted by Gasteiger charge is -2.37. The molecular weight excluding hydrogens is 729 g/mol. The Kier molecular flexibility index (Phi) is 13.0. The van der Waals surface area contributed by atoms with Crippen molar-refractivity contribution < 1.29 is 38.5 Å². The van der Waals surface area contributed by atoms with Gasteiger partial charge in [0.05, 0.1) is 53.2 Å². The normalized spacial score (nSPS) is 23.0. The minimum absolute atomic E-state index is 0.0156. The van der Waals surface area contributed by atoms with Crippen LogP contribution in [0.3, 0.4) is 0 Å². The number of fused-ring (bicyclic) bond motifs is 2. The van der Waals surface area contributed by atoms with Crippen LogP contribution in [0.2, 0.25) is 18.6 Å². The van der Waals surface area contributed by atoms with Crippen LogP contribution in [0.1, 0.15) is 56.6 Å². The van der Waals surface area contributed by atoms with E-state index in [0.29, 0.717) is 42.9 Å². The fourth-order valence-electron chi connectivity index (χ4n) is 9.11. The van der Waals surface area contributed by atoms with Crippen molar-refractivity contribution >= 4 is 48.3 Å². The molecule has 3 aliphatic heterocycles. The summed E-state index contributed by atoms with van der Waals surface area (Å²) in [5, 5.41) is 17.5. The minimum Gasteiger partial charge on any atom is -0.497 e. The van der Waals surface area contributed by atoms with Gasteiger partial charge in [-0.25, -0.2) is 0 Å². The third-order valence-corrected chi connectivity index (χ3v) is 16.4. The van der Waals surface area contributed by atoms with Gasteiger partial charge in [-0.1, -0.05) is 67.7 Å². The monoisotopic (exact) mass is 784 g/mol. The van der Waals surface area contributed by atoms with E-state index in [4.69, 9.17) is 14.2 Å². The van der Waals surface area contributed by atoms with E-state index >= 15 is 4.79 Å². The Hall–Kier alpha value is -4.56. The van der Waals surface area contributed by atoms with Gasteiger partial charge in [-0.05, 0) is 73.7 Å². The second kappa shape index (κ2) is 17.7. The SMILES string of the molecule is COC(=O)CCCCN1C(=O)[C@]2(O[C@H](CC(=O)N(CCO)Cc3ccccc3)[C@@H]([Si](C)(C)c3ccc(OC)cc3)[C@@H]2C)c2cc(NC(=O)[C@H]3CCCN3)ccc21. The van der Waals surface area contributed by atoms with E-state index in [9.17, 15) is 19.5 Å². The highest BCUT2D eigenvalue weighted by atomic mass is 28.3. The molecule has 2 saturated heterocycles. The zero-order valence-corrected chi connectivity index (χ0v) is 34.2. The average Bonchev–Trinajstić information content (AvgIpc) is 3.90. The molecule has 5 atom stereocenters. The van der Waals surface area contributed by atoms with E-state index in [2.05, 4.69) is 42.8 Å². The number of methoxy groups -OCH3 is 2. The average molecular weight is 785 g/mol. The maximum Gasteiger partial charge on any atom is 0.305 e. The first kappa shape index (κ1) is 41.1. The smallest absolute Gasteiger partial charge is 0.305 e. The predicted molar refractivity (Wildman–Crippen MR) is 217 cm³/mol. The number of benzene rings is 3. The molecule has 0 unspecified atom stereocenters. The lowest BCUT2D eigenvalue weighted by atomic mass is 9.82. The van der Waals surface area contributed by atoms with Crippen molar-refractivity contribution in [3.8, 4) is 5.75 Å². The number of esters is 1. The third-order valence-electron chi connectivity index (χ3n) is 12.0. The van der Waals surface area contributed by atoms with E-state index < -0.39 is 19.8 Å². The molecule has 0 bridgehead atoms. The van der Waals surface area contributed by atoms with Crippen molar-refractivity contribution in [2.45, 2.75) is 88.4 Å². The molecule has 300 valence electrons. The van der Waals surface area contributed by atoms with Gasteiger partial charge in [-0.3, -0.25) is 19.2 Å². The highest BCUT2D eigenvalue weighted by Crippen LogP contribution is 2.60. The van der Waals surface area contributed by atoms with Gasteiger partial charge in [0.1, 0.15) is 5.75 Å². The molecule has 3 N–H and O–H groups in total. The molecular formula is C43H56N4O8Si. The van der Waals surface area contributed by atoms with Gasteiger partial charge in [0.15, 0.2) is 5.60 Å². The summed E-state index contributed by atoms with van der Waals surface area (Å²) >= 11 is 0. The minimum atomic E-state index is -2.58. The maximum atomic E-state index is 15.2. The van der Waals surface area contributed by atoms with E-state index in [0.717, 1.165) is 35.9 Å². The molecule has 56 heavy (non-hydrogen) atoms. The molecule has 3 amide bonds. The molecule has 1 spiro atoms. The third kappa shape index (κ3) is 8.27. The van der Waals surface area contributed by atoms with Crippen LogP contribution in [0.25, 0.3) is 0 Å². The largest absolute Gasteiger partial charge is 0.497 e. The number of carbonyl (C=O) groups excluding carboxylic acids is 4. The van der Waals surface area contributed by atoms with Gasteiger partial charge in [0, 0.05) is 43.2 Å². The van der Waals surface area contributed by atoms with Crippen molar-refractivity contribution in [1.29, 1.82) is 0 Å². The Bertz CT molecular complexity index is 1870. The van der Waals surface area contributed by atoms with Crippen molar-refractivity contribution in [1.82, 2.24) is 10.2 Å². The first-order valence-electron chi connectivity index (χ1n) is 19.8. The van der Waals surface area contributed by atoms with Gasteiger partial charge in [0.2, 0.25) is 11.8 Å². The maximum absolute atomic E-state index is 15.2. The Morgan fingerprint density at radius 3 is 2.46 bits per heavy atom. The number of aliphatic hydroxyl groups excluding tert-OH is 1. The van der Waals surface area contributed by atoms with E-state index in [1.807, 2.05) is 60.7 Å². The van der Waals surface area contributed by atoms with Crippen LogP contribution in [0.5, 0.6) is 5.75 Å². The van der Waals surface area contributed by atoms with Gasteiger partial charge in [0.25, 0.3) is 5.91 Å². The second-order valence-corrected chi connectivity index (χ2v) is 20.4. The summed E-state index contributed by atoms with van der Waals surface area (Å²) in [5.74, 6) is -0.450. The molecule has 3 aromatic rings. The molecule has 0 radical (unpaired) electrons. The van der Waals surface area contributed by atoms with E-state index in [-0.39, 0.29) is 67.2 Å². The van der Waals surface area contributed by atoms with Gasteiger partial charge in [-0.15, -0.1) is 0 Å². The molecule has 2 fully saturated rings. The van der Waals surface area contributed by atoms with Crippen LogP contribution >= 0.6 is 0 Å². The van der Waals surface area contributed by atoms with Crippen LogP contribution in [-0.2, 0) is 40.8 Å². The summed E-state index contributed by atoms with van der Waals surface area (Å²) in [7, 11) is 0.423. The number of aliphatic hydroxyl groups is 1. The van der Waals surface area contributed by atoms with Gasteiger partial charge >= 0.3 is 5.97 Å². The molecule has 6 rings (SSSR count). The summed E-state index contributed by atoms with van der Waals surface area (Å²) in [4.78, 5) is 58.2. The quantitative estimate of drug-likeness (QED) is 0.107. The fourth-order valence-corrected chi connectivity index (χ4v) is 13.1. The molecule has 0 saturated carbocycles. The Morgan fingerprint density at radius 2 is 1.80 bits per heavy atom. The molecule has 0 aliphatic carbocycles. The lowest BCUT2D eigenvalue weighted by Crippen LogP contribution is -2.52. The van der Waals surface area contributed by atoms with Crippen LogP contribution < -0.4 is 25.5 Å². The molecule has 3 aromatic carbocycles. The number of ether oxygens (including phenoxy) is 3. The Balaban J connectivity index is 1.41. The van der Waals surface area contributed by atoms with Gasteiger partial charge < -0.3 is 39.8 Å². The first-order valence-corrected chi connectivity index (χ1v) is 22.8. The second-order valence-electron chi connectivity index (χ2n) is 15.7. The summed E-state index contributed by atoms with van der Waals surface area (Å²) in [6, 6.07) is 23.0. The number of nitrogens with one attached hydrogen (secondary N) is 2. The van der Waals surface area contributed by atoms with Gasteiger partial charge in [-0.2, -0.15) is 0 Å². The number of amides is 3. The summed E-state index contributed by atoms with van der Waals surface area (Å²) in [5.41, 5.74) is 1.22. The standard InChI is InChI=1S/C43H56N4O8Si/c1-29-40(56(4,5)33-19-17-32(53-2)18-20-33)37(27-38(49)46(24-25-48)28-30-12-7-6-8-13-30)55-43(29)34-26-31(45-41(51)35-14-11-22-44-35)16-21-36(34)47(42(43)52)23-10-9-15-39(50)54-3/h6-8,12-13,16-21,26,29,35,37,40,44,48H,9-11,14-15,22-25,27-28H2,1-5H3,(H,45,51)/t29-,35+,37+,40-,43+/m0/s1. The summed E-state index contributed by atoms with van der Waals surface area (Å²) < 4.78 is 17.6. The number of anilines is 2. The fraction of sp³-hybridized carbons (Fsp3) is 0.488. The number of hydrogen-bond donors (Lipinski definition) is 3. The van der Waals surface area contributed by atoms with E-state index in [1.165, 1.54) is 7.11 Å². The van der Waals surface area contributed by atoms with Crippen LogP contribution in [0, 0.1) is 5.92 Å². The van der Waals surface area contributed by atoms with Crippen LogP contribution in [0.4, 0.5) is 11.4 Å². The number of rotatable bonds is 16. The molecule has 3 aliphatic rings. The topological polar surface area (TPSA) is 147 Å². The highest BCUT2D eigenvalue weighted by molar-refractivity contribution is 6.91. The van der Waals surface area contributed by atoms with Crippen molar-refractivity contribution in [3.05, 3.63) is 83.9 Å². The molecule has 0 aromatic heterocycles. The number of hydrogen-bond acceptors (Lipinski definition) is 9. The van der Waals surface area contributed by atoms with Crippen molar-refractivity contribution in [2.75, 3.05) is 50.7 Å². The van der Waals surface area contributed by atoms with Crippen LogP contribution in [-0.4, -0.2) is 94.4 Å². The summed E-state index contributed by atoms with van der Waals surface area (Å²) in [6.07, 6.45) is 2.38. The zero-order chi connectivity index (χ0) is 40.0. The number of unbranched alkanes of at least 4 members (excludes halogenated alkanes) is 1. The van der Waals surface area contributed by atoms with E-state index in [1.54, 1.807) is 16.9 Å². The first-order chi connectivity index (χ1) is 26.9. The summed E-state index contributed by atoms with van der Waals surface area (Å²) in [6.45, 7) is 8.03. The lowest BCUT2D eigenvalue weighted by molar-refractivity contribution is -0.149. The van der Waals surface area contributed by atoms with Crippen LogP contribution in [0.15, 0.2) is 72.8 Å².